The second kappa shape index (κ2) is 3.59. The number of phenols is 1. The molecule has 6 N–H and O–H groups in total. The molecule has 0 saturated heterocycles. The summed E-state index contributed by atoms with van der Waals surface area (Å²) in [7, 11) is 0. The lowest BCUT2D eigenvalue weighted by molar-refractivity contribution is 0.265. The van der Waals surface area contributed by atoms with Crippen LogP contribution in [-0.2, 0) is 0 Å². The summed E-state index contributed by atoms with van der Waals surface area (Å²) in [6.07, 6.45) is 0. The average Bonchev–Trinajstić information content (AvgIpc) is 2.10. The summed E-state index contributed by atoms with van der Waals surface area (Å²) in [5.41, 5.74) is 10.7. The Morgan fingerprint density at radius 2 is 2.08 bits per heavy atom. The smallest absolute Gasteiger partial charge is 0.143 e. The summed E-state index contributed by atoms with van der Waals surface area (Å²) in [5.74, 6) is -0.864. The Bertz CT molecular complexity index is 317. The van der Waals surface area contributed by atoms with E-state index in [0.717, 1.165) is 12.1 Å². The van der Waals surface area contributed by atoms with Gasteiger partial charge in [-0.1, -0.05) is 0 Å². The molecule has 13 heavy (non-hydrogen) atoms. The van der Waals surface area contributed by atoms with Crippen LogP contribution < -0.4 is 11.5 Å². The number of anilines is 1. The molecule has 1 aromatic rings. The highest BCUT2D eigenvalue weighted by Crippen LogP contribution is 2.29. The van der Waals surface area contributed by atoms with E-state index in [1.54, 1.807) is 0 Å². The zero-order chi connectivity index (χ0) is 10.0. The van der Waals surface area contributed by atoms with Crippen LogP contribution in [0.5, 0.6) is 5.75 Å². The Morgan fingerprint density at radius 1 is 1.46 bits per heavy atom. The van der Waals surface area contributed by atoms with E-state index >= 15 is 0 Å². The van der Waals surface area contributed by atoms with Gasteiger partial charge >= 0.3 is 0 Å². The first-order chi connectivity index (χ1) is 6.06. The van der Waals surface area contributed by atoms with Crippen LogP contribution >= 0.6 is 0 Å². The summed E-state index contributed by atoms with van der Waals surface area (Å²) in [5, 5.41) is 18.0. The number of aliphatic hydroxyl groups excluding tert-OH is 1. The normalized spacial score (nSPS) is 12.8. The Balaban J connectivity index is 3.20. The van der Waals surface area contributed by atoms with Crippen LogP contribution in [0.15, 0.2) is 12.1 Å². The minimum Gasteiger partial charge on any atom is -0.505 e. The third-order valence-electron chi connectivity index (χ3n) is 1.73. The van der Waals surface area contributed by atoms with Crippen LogP contribution in [0.3, 0.4) is 0 Å². The molecule has 0 unspecified atom stereocenters. The van der Waals surface area contributed by atoms with Gasteiger partial charge in [0.2, 0.25) is 0 Å². The highest BCUT2D eigenvalue weighted by Gasteiger charge is 2.13. The summed E-state index contributed by atoms with van der Waals surface area (Å²) >= 11 is 0. The number of nitrogen functional groups attached to an aromatic ring is 1. The molecule has 0 saturated carbocycles. The lowest BCUT2D eigenvalue weighted by Crippen LogP contribution is -2.15. The van der Waals surface area contributed by atoms with E-state index in [1.807, 2.05) is 0 Å². The van der Waals surface area contributed by atoms with Crippen molar-refractivity contribution in [2.24, 2.45) is 5.73 Å². The van der Waals surface area contributed by atoms with Gasteiger partial charge in [-0.3, -0.25) is 0 Å². The molecule has 0 spiro atoms. The van der Waals surface area contributed by atoms with Crippen molar-refractivity contribution < 1.29 is 14.6 Å². The molecule has 1 rings (SSSR count). The molecule has 0 fully saturated rings. The maximum Gasteiger partial charge on any atom is 0.143 e. The van der Waals surface area contributed by atoms with E-state index in [9.17, 15) is 9.50 Å². The number of halogens is 1. The summed E-state index contributed by atoms with van der Waals surface area (Å²) in [4.78, 5) is 0. The van der Waals surface area contributed by atoms with Crippen molar-refractivity contribution in [2.45, 2.75) is 6.04 Å². The van der Waals surface area contributed by atoms with E-state index in [4.69, 9.17) is 16.6 Å². The molecule has 1 atom stereocenters. The van der Waals surface area contributed by atoms with Gasteiger partial charge in [-0.15, -0.1) is 0 Å². The van der Waals surface area contributed by atoms with E-state index < -0.39 is 11.9 Å². The van der Waals surface area contributed by atoms with Crippen LogP contribution in [0, 0.1) is 5.82 Å². The summed E-state index contributed by atoms with van der Waals surface area (Å²) in [6.45, 7) is -0.379. The first kappa shape index (κ1) is 9.76. The fourth-order valence-corrected chi connectivity index (χ4v) is 1.02. The van der Waals surface area contributed by atoms with Gasteiger partial charge < -0.3 is 21.7 Å². The average molecular weight is 186 g/mol. The second-order valence-electron chi connectivity index (χ2n) is 2.72. The van der Waals surface area contributed by atoms with Gasteiger partial charge in [-0.2, -0.15) is 0 Å². The van der Waals surface area contributed by atoms with Gasteiger partial charge in [0, 0.05) is 11.6 Å². The number of nitrogens with two attached hydrogens (primary N) is 2. The summed E-state index contributed by atoms with van der Waals surface area (Å²) in [6, 6.07) is 1.22. The monoisotopic (exact) mass is 186 g/mol. The van der Waals surface area contributed by atoms with Gasteiger partial charge in [0.15, 0.2) is 0 Å². The van der Waals surface area contributed by atoms with Crippen molar-refractivity contribution in [2.75, 3.05) is 12.3 Å². The quantitative estimate of drug-likeness (QED) is 0.389. The first-order valence-corrected chi connectivity index (χ1v) is 3.70. The molecule has 0 radical (unpaired) electrons. The topological polar surface area (TPSA) is 92.5 Å². The SMILES string of the molecule is Nc1cc(F)cc([C@H](N)CO)c1O. The highest BCUT2D eigenvalue weighted by molar-refractivity contribution is 5.57. The standard InChI is InChI=1S/C8H11FN2O2/c9-4-1-5(7(11)3-12)8(13)6(10)2-4/h1-2,7,12-13H,3,10-11H2/t7-/m1/s1. The van der Waals surface area contributed by atoms with Gasteiger partial charge in [0.05, 0.1) is 18.3 Å². The predicted octanol–water partition coefficient (Wildman–Crippen LogP) is 0.106. The highest BCUT2D eigenvalue weighted by atomic mass is 19.1. The number of hydrogen-bond donors (Lipinski definition) is 4. The molecule has 0 bridgehead atoms. The Kier molecular flexibility index (Phi) is 2.69. The summed E-state index contributed by atoms with van der Waals surface area (Å²) < 4.78 is 12.8. The van der Waals surface area contributed by atoms with Crippen molar-refractivity contribution in [1.29, 1.82) is 0 Å². The molecular formula is C8H11FN2O2. The van der Waals surface area contributed by atoms with Crippen LogP contribution in [0.4, 0.5) is 10.1 Å². The lowest BCUT2D eigenvalue weighted by atomic mass is 10.1. The third-order valence-corrected chi connectivity index (χ3v) is 1.73. The number of aromatic hydroxyl groups is 1. The Hall–Kier alpha value is -1.33. The van der Waals surface area contributed by atoms with E-state index in [1.165, 1.54) is 0 Å². The van der Waals surface area contributed by atoms with Crippen molar-refractivity contribution >= 4 is 5.69 Å². The molecule has 5 heteroatoms. The lowest BCUT2D eigenvalue weighted by Gasteiger charge is -2.12. The fraction of sp³-hybridized carbons (Fsp3) is 0.250. The minimum absolute atomic E-state index is 0.0844. The van der Waals surface area contributed by atoms with Gasteiger partial charge in [0.1, 0.15) is 11.6 Å². The first-order valence-electron chi connectivity index (χ1n) is 3.70. The molecule has 0 aliphatic rings. The molecule has 4 nitrogen and oxygen atoms in total. The predicted molar refractivity (Wildman–Crippen MR) is 46.5 cm³/mol. The van der Waals surface area contributed by atoms with Crippen molar-refractivity contribution in [1.82, 2.24) is 0 Å². The number of hydrogen-bond acceptors (Lipinski definition) is 4. The fourth-order valence-electron chi connectivity index (χ4n) is 1.02. The molecule has 0 aromatic heterocycles. The largest absolute Gasteiger partial charge is 0.505 e. The molecule has 1 aromatic carbocycles. The molecule has 0 aliphatic heterocycles. The third kappa shape index (κ3) is 1.88. The van der Waals surface area contributed by atoms with E-state index in [2.05, 4.69) is 0 Å². The second-order valence-corrected chi connectivity index (χ2v) is 2.72. The zero-order valence-electron chi connectivity index (χ0n) is 6.87. The van der Waals surface area contributed by atoms with Crippen LogP contribution in [0.1, 0.15) is 11.6 Å². The number of aliphatic hydroxyl groups is 1. The van der Waals surface area contributed by atoms with Gasteiger partial charge in [-0.05, 0) is 6.07 Å². The molecule has 72 valence electrons. The zero-order valence-corrected chi connectivity index (χ0v) is 6.87. The van der Waals surface area contributed by atoms with Crippen LogP contribution in [-0.4, -0.2) is 16.8 Å². The van der Waals surface area contributed by atoms with Crippen LogP contribution in [0.2, 0.25) is 0 Å². The Labute approximate surface area is 74.6 Å². The molecule has 0 amide bonds. The maximum atomic E-state index is 12.8. The van der Waals surface area contributed by atoms with Crippen molar-refractivity contribution in [3.63, 3.8) is 0 Å². The Morgan fingerprint density at radius 3 is 2.62 bits per heavy atom. The van der Waals surface area contributed by atoms with Gasteiger partial charge in [0.25, 0.3) is 0 Å². The number of phenolic OH excluding ortho intramolecular Hbond substituents is 1. The van der Waals surface area contributed by atoms with Gasteiger partial charge in [-0.25, -0.2) is 4.39 Å². The van der Waals surface area contributed by atoms with E-state index in [0.29, 0.717) is 0 Å². The molecule has 0 aliphatic carbocycles. The number of benzene rings is 1. The molecular weight excluding hydrogens is 175 g/mol. The van der Waals surface area contributed by atoms with Crippen LogP contribution in [0.25, 0.3) is 0 Å². The molecule has 0 heterocycles. The minimum atomic E-state index is -0.821. The van der Waals surface area contributed by atoms with E-state index in [-0.39, 0.29) is 23.6 Å². The number of rotatable bonds is 2. The van der Waals surface area contributed by atoms with Crippen molar-refractivity contribution in [3.8, 4) is 5.75 Å². The maximum absolute atomic E-state index is 12.8. The van der Waals surface area contributed by atoms with Crippen molar-refractivity contribution in [3.05, 3.63) is 23.5 Å².